The van der Waals surface area contributed by atoms with Gasteiger partial charge in [0.25, 0.3) is 0 Å². The van der Waals surface area contributed by atoms with Crippen molar-refractivity contribution in [1.82, 2.24) is 14.9 Å². The summed E-state index contributed by atoms with van der Waals surface area (Å²) < 4.78 is 0. The van der Waals surface area contributed by atoms with Crippen molar-refractivity contribution in [1.29, 1.82) is 0 Å². The highest BCUT2D eigenvalue weighted by Crippen LogP contribution is 2.40. The van der Waals surface area contributed by atoms with Crippen LogP contribution in [0.3, 0.4) is 0 Å². The number of nitrogens with zero attached hydrogens (tertiary/aromatic N) is 4. The van der Waals surface area contributed by atoms with Crippen molar-refractivity contribution in [3.63, 3.8) is 0 Å². The molecule has 1 saturated heterocycles. The zero-order valence-electron chi connectivity index (χ0n) is 13.3. The number of hydrogen-bond donors (Lipinski definition) is 0. The molecule has 1 saturated carbocycles. The van der Waals surface area contributed by atoms with Gasteiger partial charge in [0.15, 0.2) is 0 Å². The fourth-order valence-electron chi connectivity index (χ4n) is 3.30. The van der Waals surface area contributed by atoms with Crippen LogP contribution in [-0.2, 0) is 0 Å². The zero-order valence-corrected chi connectivity index (χ0v) is 14.0. The molecule has 2 aliphatic rings. The Morgan fingerprint density at radius 3 is 2.52 bits per heavy atom. The molecule has 0 radical (unpaired) electrons. The molecule has 1 aliphatic carbocycles. The van der Waals surface area contributed by atoms with Crippen molar-refractivity contribution in [3.8, 4) is 0 Å². The van der Waals surface area contributed by atoms with Gasteiger partial charge in [-0.05, 0) is 39.3 Å². The Bertz CT molecular complexity index is 511. The Hall–Kier alpha value is -0.870. The van der Waals surface area contributed by atoms with E-state index in [2.05, 4.69) is 28.6 Å². The van der Waals surface area contributed by atoms with E-state index in [0.717, 1.165) is 43.4 Å². The largest absolute Gasteiger partial charge is 0.355 e. The van der Waals surface area contributed by atoms with Gasteiger partial charge in [-0.15, -0.1) is 0 Å². The molecule has 0 bridgehead atoms. The van der Waals surface area contributed by atoms with Gasteiger partial charge < -0.3 is 4.90 Å². The normalized spacial score (nSPS) is 22.3. The quantitative estimate of drug-likeness (QED) is 0.782. The van der Waals surface area contributed by atoms with Gasteiger partial charge in [-0.3, -0.25) is 4.90 Å². The first-order valence-electron chi connectivity index (χ1n) is 8.17. The Labute approximate surface area is 132 Å². The van der Waals surface area contributed by atoms with Crippen molar-refractivity contribution >= 4 is 17.4 Å². The van der Waals surface area contributed by atoms with Crippen molar-refractivity contribution in [2.24, 2.45) is 0 Å². The van der Waals surface area contributed by atoms with Crippen LogP contribution in [0, 0.1) is 6.92 Å². The Balaban J connectivity index is 1.81. The maximum atomic E-state index is 6.33. The third-order valence-corrected chi connectivity index (χ3v) is 5.18. The molecule has 0 aromatic carbocycles. The first-order valence-corrected chi connectivity index (χ1v) is 8.54. The highest BCUT2D eigenvalue weighted by Gasteiger charge is 2.31. The molecule has 2 heterocycles. The summed E-state index contributed by atoms with van der Waals surface area (Å²) in [5.74, 6) is 2.56. The molecular weight excluding hydrogens is 284 g/mol. The van der Waals surface area contributed by atoms with Crippen molar-refractivity contribution in [2.75, 3.05) is 31.1 Å². The number of rotatable bonds is 5. The van der Waals surface area contributed by atoms with E-state index in [0.29, 0.717) is 17.1 Å². The van der Waals surface area contributed by atoms with E-state index >= 15 is 0 Å². The molecule has 21 heavy (non-hydrogen) atoms. The fraction of sp³-hybridized carbons (Fsp3) is 0.750. The molecule has 0 amide bonds. The lowest BCUT2D eigenvalue weighted by Gasteiger charge is -2.27. The predicted molar refractivity (Wildman–Crippen MR) is 87.3 cm³/mol. The minimum atomic E-state index is 0.544. The molecule has 1 aromatic rings. The molecule has 1 aliphatic heterocycles. The summed E-state index contributed by atoms with van der Waals surface area (Å²) in [5.41, 5.74) is 1.03. The van der Waals surface area contributed by atoms with Gasteiger partial charge in [0.2, 0.25) is 0 Å². The van der Waals surface area contributed by atoms with Gasteiger partial charge >= 0.3 is 0 Å². The van der Waals surface area contributed by atoms with Crippen LogP contribution in [0.1, 0.15) is 50.4 Å². The molecule has 1 atom stereocenters. The average molecular weight is 309 g/mol. The molecule has 4 nitrogen and oxygen atoms in total. The van der Waals surface area contributed by atoms with E-state index in [1.54, 1.807) is 0 Å². The maximum absolute atomic E-state index is 6.33. The molecule has 5 heteroatoms. The van der Waals surface area contributed by atoms with Crippen molar-refractivity contribution < 1.29 is 0 Å². The lowest BCUT2D eigenvalue weighted by Crippen LogP contribution is -2.37. The molecule has 1 aromatic heterocycles. The second-order valence-corrected chi connectivity index (χ2v) is 6.56. The van der Waals surface area contributed by atoms with E-state index < -0.39 is 0 Å². The smallest absolute Gasteiger partial charge is 0.137 e. The lowest BCUT2D eigenvalue weighted by atomic mass is 10.2. The summed E-state index contributed by atoms with van der Waals surface area (Å²) in [6, 6.07) is 0.637. The number of anilines is 1. The van der Waals surface area contributed by atoms with Crippen LogP contribution in [-0.4, -0.2) is 47.1 Å². The topological polar surface area (TPSA) is 32.3 Å². The zero-order chi connectivity index (χ0) is 15.0. The number of hydrogen-bond acceptors (Lipinski definition) is 4. The highest BCUT2D eigenvalue weighted by atomic mass is 35.5. The summed E-state index contributed by atoms with van der Waals surface area (Å²) in [7, 11) is 0. The number of likely N-dealkylation sites (N-methyl/N-ethyl adjacent to an activating group) is 1. The van der Waals surface area contributed by atoms with Crippen LogP contribution in [0.5, 0.6) is 0 Å². The molecular formula is C16H25ClN4. The van der Waals surface area contributed by atoms with E-state index in [1.165, 1.54) is 19.3 Å². The van der Waals surface area contributed by atoms with E-state index in [4.69, 9.17) is 16.6 Å². The maximum Gasteiger partial charge on any atom is 0.137 e. The van der Waals surface area contributed by atoms with Crippen LogP contribution < -0.4 is 4.90 Å². The second-order valence-electron chi connectivity index (χ2n) is 6.21. The summed E-state index contributed by atoms with van der Waals surface area (Å²) in [6.45, 7) is 10.9. The van der Waals surface area contributed by atoms with Gasteiger partial charge in [-0.25, -0.2) is 9.97 Å². The number of halogens is 1. The average Bonchev–Trinajstić information content (AvgIpc) is 3.22. The van der Waals surface area contributed by atoms with Crippen LogP contribution in [0.25, 0.3) is 0 Å². The third kappa shape index (κ3) is 3.02. The van der Waals surface area contributed by atoms with Gasteiger partial charge in [-0.2, -0.15) is 0 Å². The van der Waals surface area contributed by atoms with Crippen molar-refractivity contribution in [2.45, 2.75) is 52.0 Å². The summed E-state index contributed by atoms with van der Waals surface area (Å²) >= 11 is 6.33. The first kappa shape index (κ1) is 15.0. The molecule has 0 N–H and O–H groups in total. The Kier molecular flexibility index (Phi) is 4.36. The van der Waals surface area contributed by atoms with Gasteiger partial charge in [0, 0.05) is 30.6 Å². The Morgan fingerprint density at radius 2 is 1.90 bits per heavy atom. The highest BCUT2D eigenvalue weighted by molar-refractivity contribution is 6.30. The fourth-order valence-corrected chi connectivity index (χ4v) is 3.47. The molecule has 116 valence electrons. The predicted octanol–water partition coefficient (Wildman–Crippen LogP) is 3.24. The third-order valence-electron chi connectivity index (χ3n) is 4.81. The summed E-state index contributed by atoms with van der Waals surface area (Å²) in [6.07, 6.45) is 3.63. The summed E-state index contributed by atoms with van der Waals surface area (Å²) in [5, 5.41) is 0.633. The first-order chi connectivity index (χ1) is 10.1. The Morgan fingerprint density at radius 1 is 1.19 bits per heavy atom. The van der Waals surface area contributed by atoms with Gasteiger partial charge in [-0.1, -0.05) is 25.4 Å². The van der Waals surface area contributed by atoms with Crippen molar-refractivity contribution in [3.05, 3.63) is 16.5 Å². The van der Waals surface area contributed by atoms with E-state index in [1.807, 2.05) is 6.92 Å². The number of aromatic nitrogens is 2. The van der Waals surface area contributed by atoms with Crippen LogP contribution in [0.4, 0.5) is 5.82 Å². The minimum Gasteiger partial charge on any atom is -0.355 e. The van der Waals surface area contributed by atoms with Gasteiger partial charge in [0.1, 0.15) is 16.8 Å². The molecule has 2 fully saturated rings. The van der Waals surface area contributed by atoms with Gasteiger partial charge in [0.05, 0.1) is 0 Å². The van der Waals surface area contributed by atoms with E-state index in [9.17, 15) is 0 Å². The molecule has 1 unspecified atom stereocenters. The van der Waals surface area contributed by atoms with E-state index in [-0.39, 0.29) is 0 Å². The second kappa shape index (κ2) is 6.09. The molecule has 0 spiro atoms. The lowest BCUT2D eigenvalue weighted by molar-refractivity contribution is 0.232. The monoisotopic (exact) mass is 308 g/mol. The molecule has 3 rings (SSSR count). The van der Waals surface area contributed by atoms with Crippen LogP contribution in [0.2, 0.25) is 5.15 Å². The standard InChI is InChI=1S/C16H25ClN4/c1-4-20(5-2)13-8-9-21(10-13)16-11(3)14(17)18-15(19-16)12-6-7-12/h12-13H,4-10H2,1-3H3. The van der Waals surface area contributed by atoms with Crippen LogP contribution in [0.15, 0.2) is 0 Å². The summed E-state index contributed by atoms with van der Waals surface area (Å²) in [4.78, 5) is 14.2. The van der Waals surface area contributed by atoms with Crippen LogP contribution >= 0.6 is 11.6 Å². The minimum absolute atomic E-state index is 0.544. The SMILES string of the molecule is CCN(CC)C1CCN(c2nc(C3CC3)nc(Cl)c2C)C1.